The number of carbonyl (C=O) groups is 2. The van der Waals surface area contributed by atoms with Crippen LogP contribution >= 0.6 is 0 Å². The summed E-state index contributed by atoms with van der Waals surface area (Å²) >= 11 is 0. The molecule has 5 N–H and O–H groups in total. The van der Waals surface area contributed by atoms with Crippen molar-refractivity contribution in [2.45, 2.75) is 128 Å². The summed E-state index contributed by atoms with van der Waals surface area (Å²) < 4.78 is 29.9. The SMILES string of the molecule is CC[C@H]1OC(=O)/C=C/[C@H](C)[C@@H](O[C@@H]2O[C@H](C)C[C@H]([NH+](C)C)[C@H]2O)[C@@H](C)C[C@@H](C)C(=O)/C=C/C=C/[C@@H]1CO[C@@H]1O[C@H](C)[C@@H](O)[C@@H](O)[C@H]1O. The number of cyclic esters (lactones) is 1. The van der Waals surface area contributed by atoms with Gasteiger partial charge in [-0.3, -0.25) is 4.79 Å². The normalized spacial score (nSPS) is 44.9. The van der Waals surface area contributed by atoms with Crippen molar-refractivity contribution in [3.8, 4) is 0 Å². The van der Waals surface area contributed by atoms with E-state index in [0.717, 1.165) is 4.90 Å². The van der Waals surface area contributed by atoms with Crippen molar-refractivity contribution < 1.29 is 58.6 Å². The predicted molar refractivity (Wildman–Crippen MR) is 173 cm³/mol. The summed E-state index contributed by atoms with van der Waals surface area (Å²) in [7, 11) is 3.99. The van der Waals surface area contributed by atoms with Crippen LogP contribution in [0.5, 0.6) is 0 Å². The third-order valence-corrected chi connectivity index (χ3v) is 9.64. The zero-order valence-electron chi connectivity index (χ0n) is 29.1. The number of hydrogen-bond acceptors (Lipinski definition) is 11. The largest absolute Gasteiger partial charge is 0.459 e. The van der Waals surface area contributed by atoms with Gasteiger partial charge in [-0.2, -0.15) is 0 Å². The number of rotatable bonds is 7. The highest BCUT2D eigenvalue weighted by Crippen LogP contribution is 2.30. The minimum Gasteiger partial charge on any atom is -0.459 e. The number of likely N-dealkylation sites (N-methyl/N-ethyl adjacent to an activating group) is 1. The predicted octanol–water partition coefficient (Wildman–Crippen LogP) is 0.712. The molecule has 0 spiro atoms. The third-order valence-electron chi connectivity index (χ3n) is 9.64. The second kappa shape index (κ2) is 18.1. The maximum Gasteiger partial charge on any atom is 0.330 e. The van der Waals surface area contributed by atoms with Crippen molar-refractivity contribution in [2.24, 2.45) is 23.7 Å². The van der Waals surface area contributed by atoms with Crippen LogP contribution in [-0.4, -0.2) is 120 Å². The Morgan fingerprint density at radius 1 is 0.851 bits per heavy atom. The number of nitrogens with one attached hydrogen (secondary N) is 1. The summed E-state index contributed by atoms with van der Waals surface area (Å²) in [6.07, 6.45) is 2.28. The average Bonchev–Trinajstić information content (AvgIpc) is 3.02. The molecule has 0 radical (unpaired) electrons. The number of esters is 1. The standard InChI is InChI=1S/C35H57NO11/c1-9-27-24(18-43-34-32(42)31(41)29(39)23(6)45-34)12-10-11-13-26(37)20(3)16-21(4)33(19(2)14-15-28(38)46-27)47-35-30(40)25(36(7)8)17-22(5)44-35/h10-15,19-25,27,29-35,39-42H,9,16-18H2,1-8H3/p+1/b12-10+,13-11+,15-14+/t19-,20+,21-,22+,23+,24+,25-,27+,29+,30+,31+,32+,33+,34+,35-/m0/s1. The van der Waals surface area contributed by atoms with Crippen LogP contribution in [0, 0.1) is 23.7 Å². The van der Waals surface area contributed by atoms with Gasteiger partial charge in [-0.25, -0.2) is 4.79 Å². The first-order valence-corrected chi connectivity index (χ1v) is 17.0. The van der Waals surface area contributed by atoms with E-state index in [0.29, 0.717) is 19.3 Å². The lowest BCUT2D eigenvalue weighted by atomic mass is 9.84. The molecule has 0 amide bonds. The van der Waals surface area contributed by atoms with E-state index in [2.05, 4.69) is 0 Å². The lowest BCUT2D eigenvalue weighted by Gasteiger charge is -2.42. The lowest BCUT2D eigenvalue weighted by molar-refractivity contribution is -0.893. The van der Waals surface area contributed by atoms with E-state index in [1.807, 2.05) is 48.7 Å². The Morgan fingerprint density at radius 2 is 1.55 bits per heavy atom. The molecule has 2 fully saturated rings. The minimum atomic E-state index is -1.47. The van der Waals surface area contributed by atoms with Crippen molar-refractivity contribution in [1.29, 1.82) is 0 Å². The molecule has 0 aliphatic carbocycles. The van der Waals surface area contributed by atoms with Gasteiger partial charge in [-0.15, -0.1) is 0 Å². The maximum absolute atomic E-state index is 13.1. The Hall–Kier alpha value is -2.00. The highest BCUT2D eigenvalue weighted by atomic mass is 16.7. The molecule has 0 aromatic heterocycles. The Labute approximate surface area is 279 Å². The average molecular weight is 669 g/mol. The van der Waals surface area contributed by atoms with Gasteiger partial charge >= 0.3 is 5.97 Å². The molecule has 2 saturated heterocycles. The third kappa shape index (κ3) is 10.7. The molecule has 3 heterocycles. The Morgan fingerprint density at radius 3 is 2.21 bits per heavy atom. The molecule has 12 nitrogen and oxygen atoms in total. The van der Waals surface area contributed by atoms with Gasteiger partial charge in [0.2, 0.25) is 0 Å². The second-order valence-corrected chi connectivity index (χ2v) is 13.9. The Kier molecular flexibility index (Phi) is 15.2. The molecular formula is C35H58NO11+. The number of hydrogen-bond donors (Lipinski definition) is 5. The second-order valence-electron chi connectivity index (χ2n) is 13.9. The number of ketones is 1. The van der Waals surface area contributed by atoms with Gasteiger partial charge in [0.25, 0.3) is 0 Å². The molecule has 268 valence electrons. The summed E-state index contributed by atoms with van der Waals surface area (Å²) in [4.78, 5) is 27.4. The zero-order valence-corrected chi connectivity index (χ0v) is 29.1. The van der Waals surface area contributed by atoms with Gasteiger partial charge in [0, 0.05) is 30.3 Å². The lowest BCUT2D eigenvalue weighted by Crippen LogP contribution is -3.12. The van der Waals surface area contributed by atoms with Gasteiger partial charge in [0.1, 0.15) is 30.5 Å². The first-order chi connectivity index (χ1) is 22.1. The highest BCUT2D eigenvalue weighted by Gasteiger charge is 2.44. The molecule has 3 aliphatic heterocycles. The van der Waals surface area contributed by atoms with Gasteiger partial charge in [-0.1, -0.05) is 52.0 Å². The van der Waals surface area contributed by atoms with Crippen LogP contribution in [0.1, 0.15) is 60.8 Å². The van der Waals surface area contributed by atoms with E-state index in [-0.39, 0.29) is 42.3 Å². The van der Waals surface area contributed by atoms with Crippen LogP contribution in [0.2, 0.25) is 0 Å². The molecule has 15 atom stereocenters. The first-order valence-electron chi connectivity index (χ1n) is 17.0. The van der Waals surface area contributed by atoms with Crippen molar-refractivity contribution in [3.05, 3.63) is 36.5 Å². The van der Waals surface area contributed by atoms with E-state index in [4.69, 9.17) is 23.7 Å². The zero-order chi connectivity index (χ0) is 35.0. The highest BCUT2D eigenvalue weighted by molar-refractivity contribution is 5.91. The van der Waals surface area contributed by atoms with Crippen LogP contribution in [0.15, 0.2) is 36.5 Å². The van der Waals surface area contributed by atoms with E-state index >= 15 is 0 Å². The van der Waals surface area contributed by atoms with E-state index in [1.165, 1.54) is 12.2 Å². The number of aliphatic hydroxyl groups excluding tert-OH is 4. The van der Waals surface area contributed by atoms with Crippen LogP contribution in [0.25, 0.3) is 0 Å². The molecule has 0 aromatic carbocycles. The smallest absolute Gasteiger partial charge is 0.330 e. The molecular weight excluding hydrogens is 610 g/mol. The van der Waals surface area contributed by atoms with E-state index in [9.17, 15) is 30.0 Å². The van der Waals surface area contributed by atoms with Crippen molar-refractivity contribution in [1.82, 2.24) is 0 Å². The van der Waals surface area contributed by atoms with Gasteiger partial charge in [0.05, 0.1) is 39.0 Å². The summed E-state index contributed by atoms with van der Waals surface area (Å²) in [5, 5.41) is 41.8. The van der Waals surface area contributed by atoms with Crippen molar-refractivity contribution in [3.63, 3.8) is 0 Å². The molecule has 12 heteroatoms. The number of ether oxygens (including phenoxy) is 5. The fourth-order valence-corrected chi connectivity index (χ4v) is 6.65. The minimum absolute atomic E-state index is 0.0386. The molecule has 47 heavy (non-hydrogen) atoms. The van der Waals surface area contributed by atoms with E-state index < -0.39 is 67.2 Å². The quantitative estimate of drug-likeness (QED) is 0.243. The first kappa shape index (κ1) is 39.4. The molecule has 0 aromatic rings. The van der Waals surface area contributed by atoms with Gasteiger partial charge < -0.3 is 49.0 Å². The number of allylic oxidation sites excluding steroid dienone is 3. The van der Waals surface area contributed by atoms with Gasteiger partial charge in [-0.05, 0) is 38.7 Å². The molecule has 3 aliphatic rings. The summed E-state index contributed by atoms with van der Waals surface area (Å²) in [6, 6.07) is -0.0688. The van der Waals surface area contributed by atoms with Crippen LogP contribution in [-0.2, 0) is 33.3 Å². The Balaban J connectivity index is 1.84. The topological polar surface area (TPSA) is 166 Å². The summed E-state index contributed by atoms with van der Waals surface area (Å²) in [6.45, 7) is 11.2. The molecule has 0 unspecified atom stereocenters. The molecule has 0 saturated carbocycles. The van der Waals surface area contributed by atoms with Gasteiger partial charge in [0.15, 0.2) is 24.5 Å². The monoisotopic (exact) mass is 668 g/mol. The maximum atomic E-state index is 13.1. The summed E-state index contributed by atoms with van der Waals surface area (Å²) in [5.41, 5.74) is 0. The number of quaternary nitrogens is 1. The fraction of sp³-hybridized carbons (Fsp3) is 0.771. The Bertz CT molecular complexity index is 1100. The fourth-order valence-electron chi connectivity index (χ4n) is 6.65. The van der Waals surface area contributed by atoms with Crippen LogP contribution < -0.4 is 4.90 Å². The van der Waals surface area contributed by atoms with E-state index in [1.54, 1.807) is 31.2 Å². The number of carbonyl (C=O) groups excluding carboxylic acids is 2. The number of aliphatic hydroxyl groups is 4. The van der Waals surface area contributed by atoms with Crippen molar-refractivity contribution >= 4 is 11.8 Å². The van der Waals surface area contributed by atoms with Crippen molar-refractivity contribution in [2.75, 3.05) is 20.7 Å². The molecule has 0 bridgehead atoms. The summed E-state index contributed by atoms with van der Waals surface area (Å²) in [5.74, 6) is -1.84. The molecule has 3 rings (SSSR count). The van der Waals surface area contributed by atoms with Crippen LogP contribution in [0.3, 0.4) is 0 Å². The van der Waals surface area contributed by atoms with Crippen LogP contribution in [0.4, 0.5) is 0 Å².